The molecule has 0 aliphatic carbocycles. The molecular formula is C19H33N4O2+. The Morgan fingerprint density at radius 1 is 1.04 bits per heavy atom. The summed E-state index contributed by atoms with van der Waals surface area (Å²) in [5, 5.41) is 5.42. The molecule has 1 aromatic rings. The minimum absolute atomic E-state index is 0.0867. The average Bonchev–Trinajstić information content (AvgIpc) is 2.54. The molecule has 0 radical (unpaired) electrons. The van der Waals surface area contributed by atoms with Crippen molar-refractivity contribution in [3.8, 4) is 0 Å². The number of hydrogen-bond acceptors (Lipinski definition) is 3. The van der Waals surface area contributed by atoms with Gasteiger partial charge in [0, 0.05) is 31.9 Å². The first kappa shape index (κ1) is 21.0. The first-order valence-electron chi connectivity index (χ1n) is 8.85. The van der Waals surface area contributed by atoms with Crippen LogP contribution >= 0.6 is 0 Å². The minimum atomic E-state index is -0.570. The van der Waals surface area contributed by atoms with Crippen LogP contribution in [0.1, 0.15) is 31.9 Å². The second-order valence-corrected chi connectivity index (χ2v) is 7.26. The van der Waals surface area contributed by atoms with Crippen molar-refractivity contribution in [2.24, 2.45) is 5.92 Å². The van der Waals surface area contributed by atoms with Crippen LogP contribution in [0.15, 0.2) is 24.3 Å². The zero-order valence-electron chi connectivity index (χ0n) is 16.3. The van der Waals surface area contributed by atoms with Crippen LogP contribution in [0.5, 0.6) is 0 Å². The maximum Gasteiger partial charge on any atom is 0.309 e. The van der Waals surface area contributed by atoms with Gasteiger partial charge in [-0.3, -0.25) is 9.59 Å². The molecule has 0 bridgehead atoms. The molecule has 0 heterocycles. The van der Waals surface area contributed by atoms with Gasteiger partial charge >= 0.3 is 11.8 Å². The molecule has 25 heavy (non-hydrogen) atoms. The molecule has 0 unspecified atom stereocenters. The van der Waals surface area contributed by atoms with Gasteiger partial charge in [-0.25, -0.2) is 0 Å². The molecule has 1 aromatic carbocycles. The van der Waals surface area contributed by atoms with E-state index in [-0.39, 0.29) is 6.04 Å². The number of hydrogen-bond donors (Lipinski definition) is 3. The SMILES string of the molecule is CC(C)CCNC(=O)C(=O)NC[C@H](c1ccc(N(C)C)cc1)[NH+](C)C. The van der Waals surface area contributed by atoms with E-state index in [0.717, 1.165) is 17.7 Å². The third-order valence-electron chi connectivity index (χ3n) is 4.19. The summed E-state index contributed by atoms with van der Waals surface area (Å²) in [6.07, 6.45) is 0.863. The van der Waals surface area contributed by atoms with Crippen molar-refractivity contribution in [3.05, 3.63) is 29.8 Å². The van der Waals surface area contributed by atoms with E-state index in [1.807, 2.05) is 33.1 Å². The highest BCUT2D eigenvalue weighted by atomic mass is 16.2. The molecule has 0 saturated heterocycles. The lowest BCUT2D eigenvalue weighted by atomic mass is 10.1. The summed E-state index contributed by atoms with van der Waals surface area (Å²) in [5.74, 6) is -0.633. The highest BCUT2D eigenvalue weighted by Crippen LogP contribution is 2.15. The first-order valence-corrected chi connectivity index (χ1v) is 8.85. The zero-order chi connectivity index (χ0) is 19.0. The molecule has 1 atom stereocenters. The number of carbonyl (C=O) groups is 2. The molecule has 0 spiro atoms. The van der Waals surface area contributed by atoms with Gasteiger partial charge in [0.1, 0.15) is 6.04 Å². The molecule has 0 fully saturated rings. The number of nitrogens with zero attached hydrogens (tertiary/aromatic N) is 1. The van der Waals surface area contributed by atoms with E-state index in [2.05, 4.69) is 48.7 Å². The van der Waals surface area contributed by atoms with Crippen LogP contribution in [0, 0.1) is 5.92 Å². The average molecular weight is 349 g/mol. The second-order valence-electron chi connectivity index (χ2n) is 7.26. The second kappa shape index (κ2) is 10.0. The van der Waals surface area contributed by atoms with Gasteiger partial charge in [0.25, 0.3) is 0 Å². The molecule has 0 saturated carbocycles. The molecule has 2 amide bonds. The van der Waals surface area contributed by atoms with Crippen LogP contribution in [-0.4, -0.2) is 53.1 Å². The molecule has 0 aliphatic rings. The fraction of sp³-hybridized carbons (Fsp3) is 0.579. The van der Waals surface area contributed by atoms with E-state index < -0.39 is 11.8 Å². The Bertz CT molecular complexity index is 553. The van der Waals surface area contributed by atoms with Crippen LogP contribution in [-0.2, 0) is 9.59 Å². The van der Waals surface area contributed by atoms with Gasteiger partial charge in [-0.15, -0.1) is 0 Å². The van der Waals surface area contributed by atoms with E-state index in [4.69, 9.17) is 0 Å². The maximum absolute atomic E-state index is 12.0. The highest BCUT2D eigenvalue weighted by Gasteiger charge is 2.21. The van der Waals surface area contributed by atoms with Crippen molar-refractivity contribution in [1.29, 1.82) is 0 Å². The Balaban J connectivity index is 2.60. The molecular weight excluding hydrogens is 316 g/mol. The largest absolute Gasteiger partial charge is 0.378 e. The molecule has 0 aromatic heterocycles. The predicted octanol–water partition coefficient (Wildman–Crippen LogP) is 0.217. The van der Waals surface area contributed by atoms with Crippen LogP contribution < -0.4 is 20.4 Å². The van der Waals surface area contributed by atoms with E-state index in [1.165, 1.54) is 4.90 Å². The molecule has 6 heteroatoms. The normalized spacial score (nSPS) is 12.2. The lowest BCUT2D eigenvalue weighted by Crippen LogP contribution is -3.07. The van der Waals surface area contributed by atoms with Crippen LogP contribution in [0.3, 0.4) is 0 Å². The Morgan fingerprint density at radius 2 is 1.60 bits per heavy atom. The van der Waals surface area contributed by atoms with Gasteiger partial charge < -0.3 is 20.4 Å². The summed E-state index contributed by atoms with van der Waals surface area (Å²) in [4.78, 5) is 27.0. The number of amides is 2. The van der Waals surface area contributed by atoms with Crippen LogP contribution in [0.25, 0.3) is 0 Å². The van der Waals surface area contributed by atoms with Crippen molar-refractivity contribution < 1.29 is 14.5 Å². The van der Waals surface area contributed by atoms with E-state index in [0.29, 0.717) is 19.0 Å². The summed E-state index contributed by atoms with van der Waals surface area (Å²) in [6, 6.07) is 8.35. The predicted molar refractivity (Wildman–Crippen MR) is 102 cm³/mol. The number of carbonyl (C=O) groups excluding carboxylic acids is 2. The lowest BCUT2D eigenvalue weighted by Gasteiger charge is -2.23. The molecule has 3 N–H and O–H groups in total. The number of benzene rings is 1. The van der Waals surface area contributed by atoms with E-state index >= 15 is 0 Å². The molecule has 1 rings (SSSR count). The van der Waals surface area contributed by atoms with Gasteiger partial charge in [-0.2, -0.15) is 0 Å². The third-order valence-corrected chi connectivity index (χ3v) is 4.19. The summed E-state index contributed by atoms with van der Waals surface area (Å²) < 4.78 is 0. The molecule has 140 valence electrons. The van der Waals surface area contributed by atoms with Crippen molar-refractivity contribution in [2.75, 3.05) is 46.2 Å². The van der Waals surface area contributed by atoms with Crippen molar-refractivity contribution in [1.82, 2.24) is 10.6 Å². The number of quaternary nitrogens is 1. The minimum Gasteiger partial charge on any atom is -0.378 e. The van der Waals surface area contributed by atoms with Gasteiger partial charge in [-0.1, -0.05) is 26.0 Å². The Labute approximate surface area is 151 Å². The zero-order valence-corrected chi connectivity index (χ0v) is 16.3. The first-order chi connectivity index (χ1) is 11.7. The Hall–Kier alpha value is -2.08. The van der Waals surface area contributed by atoms with Crippen LogP contribution in [0.4, 0.5) is 5.69 Å². The number of nitrogens with one attached hydrogen (secondary N) is 3. The number of rotatable bonds is 8. The lowest BCUT2D eigenvalue weighted by molar-refractivity contribution is -0.890. The Kier molecular flexibility index (Phi) is 8.41. The topological polar surface area (TPSA) is 65.9 Å². The Morgan fingerprint density at radius 3 is 2.08 bits per heavy atom. The highest BCUT2D eigenvalue weighted by molar-refractivity contribution is 6.35. The number of anilines is 1. The quantitative estimate of drug-likeness (QED) is 0.588. The van der Waals surface area contributed by atoms with Gasteiger partial charge in [-0.05, 0) is 24.5 Å². The standard InChI is InChI=1S/C19H32N4O2/c1-14(2)11-12-20-18(24)19(25)21-13-17(23(5)6)15-7-9-16(10-8-15)22(3)4/h7-10,14,17H,11-13H2,1-6H3,(H,20,24)(H,21,25)/p+1/t17-/m1/s1. The smallest absolute Gasteiger partial charge is 0.309 e. The van der Waals surface area contributed by atoms with Crippen molar-refractivity contribution in [2.45, 2.75) is 26.3 Å². The van der Waals surface area contributed by atoms with E-state index in [1.54, 1.807) is 0 Å². The fourth-order valence-corrected chi connectivity index (χ4v) is 2.49. The number of likely N-dealkylation sites (N-methyl/N-ethyl adjacent to an activating group) is 1. The van der Waals surface area contributed by atoms with Crippen LogP contribution in [0.2, 0.25) is 0 Å². The van der Waals surface area contributed by atoms with E-state index in [9.17, 15) is 9.59 Å². The molecule has 6 nitrogen and oxygen atoms in total. The fourth-order valence-electron chi connectivity index (χ4n) is 2.49. The van der Waals surface area contributed by atoms with Gasteiger partial charge in [0.05, 0.1) is 20.6 Å². The third kappa shape index (κ3) is 7.13. The monoisotopic (exact) mass is 349 g/mol. The van der Waals surface area contributed by atoms with Gasteiger partial charge in [0.2, 0.25) is 0 Å². The van der Waals surface area contributed by atoms with Crippen molar-refractivity contribution >= 4 is 17.5 Å². The summed E-state index contributed by atoms with van der Waals surface area (Å²) in [7, 11) is 8.09. The van der Waals surface area contributed by atoms with Crippen molar-refractivity contribution in [3.63, 3.8) is 0 Å². The molecule has 0 aliphatic heterocycles. The summed E-state index contributed by atoms with van der Waals surface area (Å²) in [6.45, 7) is 5.11. The summed E-state index contributed by atoms with van der Waals surface area (Å²) in [5.41, 5.74) is 2.26. The van der Waals surface area contributed by atoms with Gasteiger partial charge in [0.15, 0.2) is 0 Å². The maximum atomic E-state index is 12.0. The summed E-state index contributed by atoms with van der Waals surface area (Å²) >= 11 is 0.